The van der Waals surface area contributed by atoms with Crippen molar-refractivity contribution in [3.8, 4) is 0 Å². The van der Waals surface area contributed by atoms with Gasteiger partial charge in [-0.15, -0.1) is 0 Å². The van der Waals surface area contributed by atoms with Crippen LogP contribution in [0.3, 0.4) is 0 Å². The van der Waals surface area contributed by atoms with E-state index in [0.717, 1.165) is 12.8 Å². The molecule has 1 unspecified atom stereocenters. The Bertz CT molecular complexity index is 530. The van der Waals surface area contributed by atoms with Crippen molar-refractivity contribution in [3.63, 3.8) is 0 Å². The lowest BCUT2D eigenvalue weighted by Crippen LogP contribution is -2.44. The third kappa shape index (κ3) is 4.26. The monoisotopic (exact) mass is 310 g/mol. The van der Waals surface area contributed by atoms with Crippen molar-refractivity contribution in [2.24, 2.45) is 11.7 Å². The first-order valence-corrected chi connectivity index (χ1v) is 7.22. The van der Waals surface area contributed by atoms with E-state index in [0.29, 0.717) is 35.9 Å². The first kappa shape index (κ1) is 15.4. The summed E-state index contributed by atoms with van der Waals surface area (Å²) in [7, 11) is 0. The molecule has 0 radical (unpaired) electrons. The van der Waals surface area contributed by atoms with Gasteiger partial charge in [-0.3, -0.25) is 4.79 Å². The van der Waals surface area contributed by atoms with Crippen LogP contribution in [-0.4, -0.2) is 36.5 Å². The van der Waals surface area contributed by atoms with Gasteiger partial charge in [0.2, 0.25) is 0 Å². The molecule has 1 aromatic rings. The SMILES string of the molecule is NC(=O)NCC1CCCN(C(=O)c2cc(N)cc(Cl)c2)C1. The van der Waals surface area contributed by atoms with Crippen LogP contribution in [0.25, 0.3) is 0 Å². The quantitative estimate of drug-likeness (QED) is 0.736. The second-order valence-electron chi connectivity index (χ2n) is 5.28. The minimum Gasteiger partial charge on any atom is -0.399 e. The molecule has 1 heterocycles. The second kappa shape index (κ2) is 6.67. The molecule has 0 aromatic heterocycles. The molecular formula is C14H19ClN4O2. The summed E-state index contributed by atoms with van der Waals surface area (Å²) in [5.41, 5.74) is 11.7. The number of nitrogens with two attached hydrogens (primary N) is 2. The summed E-state index contributed by atoms with van der Waals surface area (Å²) >= 11 is 5.93. The van der Waals surface area contributed by atoms with Gasteiger partial charge in [0.1, 0.15) is 0 Å². The standard InChI is InChI=1S/C14H19ClN4O2/c15-11-4-10(5-12(16)6-11)13(20)19-3-1-2-9(8-19)7-18-14(17)21/h4-6,9H,1-3,7-8,16H2,(H3,17,18,21). The van der Waals surface area contributed by atoms with Gasteiger partial charge in [0.15, 0.2) is 0 Å². The average molecular weight is 311 g/mol. The molecule has 2 rings (SSSR count). The summed E-state index contributed by atoms with van der Waals surface area (Å²) in [5, 5.41) is 3.04. The Kier molecular flexibility index (Phi) is 4.90. The predicted octanol–water partition coefficient (Wildman–Crippen LogP) is 1.44. The molecule has 1 aliphatic heterocycles. The average Bonchev–Trinajstić information content (AvgIpc) is 2.43. The van der Waals surface area contributed by atoms with Gasteiger partial charge in [-0.2, -0.15) is 0 Å². The van der Waals surface area contributed by atoms with E-state index in [2.05, 4.69) is 5.32 Å². The zero-order valence-corrected chi connectivity index (χ0v) is 12.4. The number of likely N-dealkylation sites (tertiary alicyclic amines) is 1. The molecule has 1 aromatic carbocycles. The first-order chi connectivity index (χ1) is 9.95. The molecule has 1 atom stereocenters. The van der Waals surface area contributed by atoms with Crippen LogP contribution in [0.4, 0.5) is 10.5 Å². The molecule has 0 aliphatic carbocycles. The maximum Gasteiger partial charge on any atom is 0.312 e. The van der Waals surface area contributed by atoms with Gasteiger partial charge in [0, 0.05) is 35.9 Å². The van der Waals surface area contributed by atoms with Gasteiger partial charge in [-0.25, -0.2) is 4.79 Å². The summed E-state index contributed by atoms with van der Waals surface area (Å²) in [5.74, 6) is 0.125. The van der Waals surface area contributed by atoms with Crippen molar-refractivity contribution in [1.29, 1.82) is 0 Å². The van der Waals surface area contributed by atoms with Crippen LogP contribution in [0.15, 0.2) is 18.2 Å². The van der Waals surface area contributed by atoms with E-state index >= 15 is 0 Å². The van der Waals surface area contributed by atoms with Crippen molar-refractivity contribution in [2.45, 2.75) is 12.8 Å². The van der Waals surface area contributed by atoms with Gasteiger partial charge in [0.05, 0.1) is 0 Å². The van der Waals surface area contributed by atoms with Crippen LogP contribution < -0.4 is 16.8 Å². The highest BCUT2D eigenvalue weighted by Crippen LogP contribution is 2.21. The zero-order valence-electron chi connectivity index (χ0n) is 11.6. The van der Waals surface area contributed by atoms with Gasteiger partial charge in [-0.1, -0.05) is 11.6 Å². The molecule has 6 nitrogen and oxygen atoms in total. The van der Waals surface area contributed by atoms with E-state index in [1.807, 2.05) is 0 Å². The van der Waals surface area contributed by atoms with Crippen LogP contribution in [0.5, 0.6) is 0 Å². The lowest BCUT2D eigenvalue weighted by Gasteiger charge is -2.33. The number of anilines is 1. The third-order valence-corrected chi connectivity index (χ3v) is 3.76. The number of hydrogen-bond acceptors (Lipinski definition) is 3. The van der Waals surface area contributed by atoms with Crippen LogP contribution in [0, 0.1) is 5.92 Å². The molecule has 1 saturated heterocycles. The summed E-state index contributed by atoms with van der Waals surface area (Å²) in [6.07, 6.45) is 1.86. The number of hydrogen-bond donors (Lipinski definition) is 3. The van der Waals surface area contributed by atoms with Crippen LogP contribution >= 0.6 is 11.6 Å². The highest BCUT2D eigenvalue weighted by atomic mass is 35.5. The van der Waals surface area contributed by atoms with E-state index in [1.54, 1.807) is 23.1 Å². The normalized spacial score (nSPS) is 18.3. The number of halogens is 1. The molecule has 0 bridgehead atoms. The molecule has 1 fully saturated rings. The van der Waals surface area contributed by atoms with Crippen molar-refractivity contribution < 1.29 is 9.59 Å². The Morgan fingerprint density at radius 1 is 1.38 bits per heavy atom. The third-order valence-electron chi connectivity index (χ3n) is 3.54. The smallest absolute Gasteiger partial charge is 0.312 e. The number of carbonyl (C=O) groups is 2. The highest BCUT2D eigenvalue weighted by molar-refractivity contribution is 6.31. The van der Waals surface area contributed by atoms with Gasteiger partial charge >= 0.3 is 6.03 Å². The molecule has 5 N–H and O–H groups in total. The number of amides is 3. The molecule has 0 spiro atoms. The number of urea groups is 1. The second-order valence-corrected chi connectivity index (χ2v) is 5.71. The Morgan fingerprint density at radius 2 is 2.14 bits per heavy atom. The maximum atomic E-state index is 12.5. The Balaban J connectivity index is 2.03. The zero-order chi connectivity index (χ0) is 15.4. The lowest BCUT2D eigenvalue weighted by atomic mass is 9.97. The number of carbonyl (C=O) groups excluding carboxylic acids is 2. The molecule has 0 saturated carbocycles. The van der Waals surface area contributed by atoms with Gasteiger partial charge in [0.25, 0.3) is 5.91 Å². The molecule has 3 amide bonds. The van der Waals surface area contributed by atoms with Crippen molar-refractivity contribution in [1.82, 2.24) is 10.2 Å². The minimum absolute atomic E-state index is 0.0898. The van der Waals surface area contributed by atoms with Crippen LogP contribution in [-0.2, 0) is 0 Å². The molecule has 114 valence electrons. The van der Waals surface area contributed by atoms with Crippen molar-refractivity contribution in [3.05, 3.63) is 28.8 Å². The fourth-order valence-electron chi connectivity index (χ4n) is 2.58. The highest BCUT2D eigenvalue weighted by Gasteiger charge is 2.24. The number of benzene rings is 1. The maximum absolute atomic E-state index is 12.5. The topological polar surface area (TPSA) is 101 Å². The minimum atomic E-state index is -0.541. The summed E-state index contributed by atoms with van der Waals surface area (Å²) in [6.45, 7) is 1.76. The predicted molar refractivity (Wildman–Crippen MR) is 82.1 cm³/mol. The Hall–Kier alpha value is -1.95. The fourth-order valence-corrected chi connectivity index (χ4v) is 2.82. The van der Waals surface area contributed by atoms with E-state index in [4.69, 9.17) is 23.1 Å². The number of rotatable bonds is 3. The lowest BCUT2D eigenvalue weighted by molar-refractivity contribution is 0.0675. The van der Waals surface area contributed by atoms with E-state index in [9.17, 15) is 9.59 Å². The Labute approximate surface area is 128 Å². The number of primary amides is 1. The molecule has 1 aliphatic rings. The summed E-state index contributed by atoms with van der Waals surface area (Å²) < 4.78 is 0. The number of nitrogens with zero attached hydrogens (tertiary/aromatic N) is 1. The van der Waals surface area contributed by atoms with Crippen LogP contribution in [0.2, 0.25) is 5.02 Å². The van der Waals surface area contributed by atoms with Crippen molar-refractivity contribution >= 4 is 29.2 Å². The molecule has 21 heavy (non-hydrogen) atoms. The van der Waals surface area contributed by atoms with Gasteiger partial charge in [-0.05, 0) is 37.0 Å². The number of nitrogen functional groups attached to an aromatic ring is 1. The Morgan fingerprint density at radius 3 is 2.81 bits per heavy atom. The number of piperidine rings is 1. The summed E-state index contributed by atoms with van der Waals surface area (Å²) in [6, 6.07) is 4.31. The van der Waals surface area contributed by atoms with E-state index in [-0.39, 0.29) is 11.8 Å². The van der Waals surface area contributed by atoms with Crippen LogP contribution in [0.1, 0.15) is 23.2 Å². The van der Waals surface area contributed by atoms with E-state index in [1.165, 1.54) is 0 Å². The largest absolute Gasteiger partial charge is 0.399 e. The van der Waals surface area contributed by atoms with Gasteiger partial charge < -0.3 is 21.7 Å². The number of nitrogens with one attached hydrogen (secondary N) is 1. The summed E-state index contributed by atoms with van der Waals surface area (Å²) in [4.78, 5) is 25.0. The molecular weight excluding hydrogens is 292 g/mol. The first-order valence-electron chi connectivity index (χ1n) is 6.84. The van der Waals surface area contributed by atoms with E-state index < -0.39 is 6.03 Å². The fraction of sp³-hybridized carbons (Fsp3) is 0.429. The van der Waals surface area contributed by atoms with Crippen molar-refractivity contribution in [2.75, 3.05) is 25.4 Å². The molecule has 7 heteroatoms.